The van der Waals surface area contributed by atoms with E-state index in [1.165, 1.54) is 25.3 Å². The van der Waals surface area contributed by atoms with Gasteiger partial charge in [-0.25, -0.2) is 0 Å². The van der Waals surface area contributed by atoms with Gasteiger partial charge in [0.2, 0.25) is 0 Å². The fourth-order valence-corrected chi connectivity index (χ4v) is 1.42. The van der Waals surface area contributed by atoms with Crippen LogP contribution in [0.15, 0.2) is 12.7 Å². The molecule has 82 valence electrons. The van der Waals surface area contributed by atoms with Crippen LogP contribution in [0.4, 0.5) is 0 Å². The number of unbranched alkanes of at least 4 members (excludes halogenated alkanes) is 2. The Morgan fingerprint density at radius 3 is 2.43 bits per heavy atom. The second-order valence-electron chi connectivity index (χ2n) is 4.51. The fourth-order valence-electron chi connectivity index (χ4n) is 1.42. The molecule has 0 fully saturated rings. The summed E-state index contributed by atoms with van der Waals surface area (Å²) in [7, 11) is 4.37. The van der Waals surface area contributed by atoms with Gasteiger partial charge in [-0.2, -0.15) is 0 Å². The number of quaternary nitrogens is 1. The van der Waals surface area contributed by atoms with Gasteiger partial charge < -0.3 is 4.48 Å². The van der Waals surface area contributed by atoms with Gasteiger partial charge in [0.15, 0.2) is 5.78 Å². The van der Waals surface area contributed by atoms with Gasteiger partial charge in [0.25, 0.3) is 0 Å². The van der Waals surface area contributed by atoms with E-state index in [0.29, 0.717) is 6.42 Å². The Labute approximate surface area is 88.2 Å². The van der Waals surface area contributed by atoms with E-state index in [2.05, 4.69) is 27.6 Å². The lowest BCUT2D eigenvalue weighted by Gasteiger charge is -2.29. The van der Waals surface area contributed by atoms with Crippen LogP contribution >= 0.6 is 0 Å². The molecule has 0 aliphatic heterocycles. The molecule has 0 radical (unpaired) electrons. The maximum Gasteiger partial charge on any atom is 0.160 e. The largest absolute Gasteiger partial charge is 0.328 e. The third-order valence-corrected chi connectivity index (χ3v) is 2.56. The second-order valence-corrected chi connectivity index (χ2v) is 4.51. The molecule has 14 heavy (non-hydrogen) atoms. The van der Waals surface area contributed by atoms with Crippen molar-refractivity contribution in [2.75, 3.05) is 27.2 Å². The highest BCUT2D eigenvalue weighted by atomic mass is 16.1. The summed E-state index contributed by atoms with van der Waals surface area (Å²) in [6.45, 7) is 7.78. The van der Waals surface area contributed by atoms with Crippen molar-refractivity contribution in [3.8, 4) is 0 Å². The van der Waals surface area contributed by atoms with Crippen molar-refractivity contribution in [1.29, 1.82) is 0 Å². The Morgan fingerprint density at radius 2 is 1.93 bits per heavy atom. The lowest BCUT2D eigenvalue weighted by atomic mass is 10.2. The van der Waals surface area contributed by atoms with E-state index < -0.39 is 0 Å². The number of hydrogen-bond acceptors (Lipinski definition) is 1. The van der Waals surface area contributed by atoms with E-state index in [9.17, 15) is 4.79 Å². The van der Waals surface area contributed by atoms with Gasteiger partial charge in [0.1, 0.15) is 0 Å². The number of ketones is 1. The minimum absolute atomic E-state index is 0.159. The zero-order chi connectivity index (χ0) is 11.0. The minimum atomic E-state index is 0.159. The third kappa shape index (κ3) is 6.84. The number of hydrogen-bond donors (Lipinski definition) is 0. The number of allylic oxidation sites excluding steroid dienone is 1. The van der Waals surface area contributed by atoms with Gasteiger partial charge in [-0.3, -0.25) is 4.79 Å². The third-order valence-electron chi connectivity index (χ3n) is 2.56. The molecule has 0 unspecified atom stereocenters. The zero-order valence-electron chi connectivity index (χ0n) is 9.88. The quantitative estimate of drug-likeness (QED) is 0.332. The first-order valence-corrected chi connectivity index (χ1v) is 5.49. The predicted octanol–water partition coefficient (Wildman–Crippen LogP) is 2.40. The summed E-state index contributed by atoms with van der Waals surface area (Å²) in [6, 6.07) is 0. The van der Waals surface area contributed by atoms with E-state index in [-0.39, 0.29) is 5.78 Å². The summed E-state index contributed by atoms with van der Waals surface area (Å²) in [5, 5.41) is 0. The van der Waals surface area contributed by atoms with Crippen molar-refractivity contribution in [2.45, 2.75) is 32.6 Å². The summed E-state index contributed by atoms with van der Waals surface area (Å²) < 4.78 is 0.944. The van der Waals surface area contributed by atoms with Crippen molar-refractivity contribution in [1.82, 2.24) is 0 Å². The monoisotopic (exact) mass is 198 g/mol. The van der Waals surface area contributed by atoms with E-state index in [1.807, 2.05) is 0 Å². The van der Waals surface area contributed by atoms with Crippen molar-refractivity contribution >= 4 is 5.78 Å². The zero-order valence-corrected chi connectivity index (χ0v) is 9.88. The highest BCUT2D eigenvalue weighted by Gasteiger charge is 2.14. The van der Waals surface area contributed by atoms with Crippen molar-refractivity contribution in [2.24, 2.45) is 0 Å². The van der Waals surface area contributed by atoms with E-state index in [4.69, 9.17) is 0 Å². The molecule has 0 heterocycles. The molecule has 0 saturated heterocycles. The number of nitrogens with zero attached hydrogens (tertiary/aromatic N) is 1. The first kappa shape index (κ1) is 13.4. The maximum absolute atomic E-state index is 11.1. The molecule has 0 aliphatic carbocycles. The SMILES string of the molecule is C=CC(=O)CC[N+](C)(C)CCCCC. The van der Waals surface area contributed by atoms with Crippen LogP contribution in [0.3, 0.4) is 0 Å². The highest BCUT2D eigenvalue weighted by molar-refractivity contribution is 5.89. The molecule has 0 amide bonds. The first-order chi connectivity index (χ1) is 6.52. The van der Waals surface area contributed by atoms with Crippen LogP contribution in [0.5, 0.6) is 0 Å². The second kappa shape index (κ2) is 6.77. The number of carbonyl (C=O) groups is 1. The Morgan fingerprint density at radius 1 is 1.29 bits per heavy atom. The summed E-state index contributed by atoms with van der Waals surface area (Å²) in [6.07, 6.45) is 5.85. The summed E-state index contributed by atoms with van der Waals surface area (Å²) in [4.78, 5) is 11.1. The van der Waals surface area contributed by atoms with Crippen LogP contribution in [0.2, 0.25) is 0 Å². The Hall–Kier alpha value is -0.630. The Bertz CT molecular complexity index is 185. The lowest BCUT2D eigenvalue weighted by Crippen LogP contribution is -2.41. The normalized spacial score (nSPS) is 11.4. The summed E-state index contributed by atoms with van der Waals surface area (Å²) in [5.41, 5.74) is 0. The van der Waals surface area contributed by atoms with Crippen LogP contribution < -0.4 is 0 Å². The van der Waals surface area contributed by atoms with Crippen molar-refractivity contribution < 1.29 is 9.28 Å². The topological polar surface area (TPSA) is 17.1 Å². The molecule has 0 spiro atoms. The van der Waals surface area contributed by atoms with E-state index in [1.54, 1.807) is 0 Å². The van der Waals surface area contributed by atoms with Gasteiger partial charge in [-0.1, -0.05) is 19.9 Å². The van der Waals surface area contributed by atoms with Gasteiger partial charge in [-0.15, -0.1) is 0 Å². The molecule has 0 atom stereocenters. The highest BCUT2D eigenvalue weighted by Crippen LogP contribution is 2.05. The molecular weight excluding hydrogens is 174 g/mol. The molecule has 2 nitrogen and oxygen atoms in total. The average molecular weight is 198 g/mol. The standard InChI is InChI=1S/C12H24NO/c1-5-7-8-10-13(3,4)11-9-12(14)6-2/h6H,2,5,7-11H2,1,3-4H3/q+1. The Balaban J connectivity index is 3.70. The number of rotatable bonds is 8. The predicted molar refractivity (Wildman–Crippen MR) is 61.2 cm³/mol. The molecular formula is C12H24NO+. The Kier molecular flexibility index (Phi) is 6.46. The van der Waals surface area contributed by atoms with Crippen LogP contribution in [-0.4, -0.2) is 37.5 Å². The molecule has 0 aromatic rings. The molecule has 0 saturated carbocycles. The smallest absolute Gasteiger partial charge is 0.160 e. The first-order valence-electron chi connectivity index (χ1n) is 5.49. The van der Waals surface area contributed by atoms with Gasteiger partial charge in [0.05, 0.1) is 33.6 Å². The maximum atomic E-state index is 11.1. The molecule has 0 bridgehead atoms. The van der Waals surface area contributed by atoms with Gasteiger partial charge >= 0.3 is 0 Å². The molecule has 0 N–H and O–H groups in total. The molecule has 0 aliphatic rings. The molecule has 0 rings (SSSR count). The van der Waals surface area contributed by atoms with E-state index in [0.717, 1.165) is 17.6 Å². The van der Waals surface area contributed by atoms with Crippen molar-refractivity contribution in [3.63, 3.8) is 0 Å². The minimum Gasteiger partial charge on any atom is -0.328 e. The van der Waals surface area contributed by atoms with Crippen LogP contribution in [0, 0.1) is 0 Å². The average Bonchev–Trinajstić information content (AvgIpc) is 2.14. The van der Waals surface area contributed by atoms with E-state index >= 15 is 0 Å². The summed E-state index contributed by atoms with van der Waals surface area (Å²) >= 11 is 0. The van der Waals surface area contributed by atoms with Gasteiger partial charge in [0, 0.05) is 0 Å². The summed E-state index contributed by atoms with van der Waals surface area (Å²) in [5.74, 6) is 0.159. The van der Waals surface area contributed by atoms with Crippen LogP contribution in [0.1, 0.15) is 32.6 Å². The van der Waals surface area contributed by atoms with Crippen molar-refractivity contribution in [3.05, 3.63) is 12.7 Å². The lowest BCUT2D eigenvalue weighted by molar-refractivity contribution is -0.889. The van der Waals surface area contributed by atoms with Crippen LogP contribution in [-0.2, 0) is 4.79 Å². The molecule has 2 heteroatoms. The molecule has 0 aromatic carbocycles. The number of carbonyl (C=O) groups excluding carboxylic acids is 1. The fraction of sp³-hybridized carbons (Fsp3) is 0.750. The van der Waals surface area contributed by atoms with Gasteiger partial charge in [-0.05, 0) is 18.9 Å². The molecule has 0 aromatic heterocycles. The van der Waals surface area contributed by atoms with Crippen LogP contribution in [0.25, 0.3) is 0 Å².